The molecule has 2 aromatic rings. The van der Waals surface area contributed by atoms with Crippen molar-refractivity contribution in [1.29, 1.82) is 0 Å². The molecule has 2 heterocycles. The average molecular weight is 271 g/mol. The number of hydrazine groups is 1. The van der Waals surface area contributed by atoms with E-state index < -0.39 is 0 Å². The predicted molar refractivity (Wildman–Crippen MR) is 66.9 cm³/mol. The zero-order valence-corrected chi connectivity index (χ0v) is 10.9. The van der Waals surface area contributed by atoms with Gasteiger partial charge in [-0.05, 0) is 24.8 Å². The van der Waals surface area contributed by atoms with Crippen LogP contribution in [0.2, 0.25) is 5.02 Å². The Kier molecular flexibility index (Phi) is 3.51. The second kappa shape index (κ2) is 4.91. The molecule has 0 aromatic carbocycles. The van der Waals surface area contributed by atoms with Crippen molar-refractivity contribution in [3.63, 3.8) is 0 Å². The number of nitrogens with two attached hydrogens (primary N) is 1. The van der Waals surface area contributed by atoms with Gasteiger partial charge in [0.05, 0.1) is 16.9 Å². The van der Waals surface area contributed by atoms with E-state index >= 15 is 0 Å². The van der Waals surface area contributed by atoms with E-state index in [0.717, 1.165) is 10.7 Å². The fourth-order valence-electron chi connectivity index (χ4n) is 1.27. The molecule has 8 heteroatoms. The minimum absolute atomic E-state index is 0.329. The molecule has 17 heavy (non-hydrogen) atoms. The Balaban J connectivity index is 2.32. The van der Waals surface area contributed by atoms with Crippen LogP contribution in [0.25, 0.3) is 0 Å². The standard InChI is InChI=1S/C9H11ClN6S/c1-5-3-7(16(2)15-5)17-8-6(10)4-12-9(13-8)14-11/h3-4H,11H2,1-2H3,(H,12,13,14). The third kappa shape index (κ3) is 2.68. The zero-order chi connectivity index (χ0) is 12.4. The fraction of sp³-hybridized carbons (Fsp3) is 0.222. The summed E-state index contributed by atoms with van der Waals surface area (Å²) < 4.78 is 1.77. The van der Waals surface area contributed by atoms with Crippen molar-refractivity contribution in [3.05, 3.63) is 23.0 Å². The molecule has 0 saturated heterocycles. The number of nitrogens with one attached hydrogen (secondary N) is 1. The molecule has 3 N–H and O–H groups in total. The predicted octanol–water partition coefficient (Wildman–Crippen LogP) is 1.61. The SMILES string of the molecule is Cc1cc(Sc2nc(NN)ncc2Cl)n(C)n1. The molecule has 2 aromatic heterocycles. The maximum Gasteiger partial charge on any atom is 0.238 e. The van der Waals surface area contributed by atoms with Crippen molar-refractivity contribution >= 4 is 29.3 Å². The Labute approximate surface area is 108 Å². The van der Waals surface area contributed by atoms with Gasteiger partial charge in [-0.1, -0.05) is 11.6 Å². The number of aryl methyl sites for hydroxylation is 2. The van der Waals surface area contributed by atoms with Crippen LogP contribution in [0.3, 0.4) is 0 Å². The highest BCUT2D eigenvalue weighted by Crippen LogP contribution is 2.31. The van der Waals surface area contributed by atoms with E-state index in [2.05, 4.69) is 20.5 Å². The number of nitrogens with zero attached hydrogens (tertiary/aromatic N) is 4. The van der Waals surface area contributed by atoms with E-state index in [4.69, 9.17) is 17.4 Å². The lowest BCUT2D eigenvalue weighted by molar-refractivity contribution is 0.692. The lowest BCUT2D eigenvalue weighted by Gasteiger charge is -2.04. The van der Waals surface area contributed by atoms with E-state index in [-0.39, 0.29) is 0 Å². The number of halogens is 1. The van der Waals surface area contributed by atoms with E-state index in [1.807, 2.05) is 20.0 Å². The van der Waals surface area contributed by atoms with Gasteiger partial charge in [0.15, 0.2) is 0 Å². The smallest absolute Gasteiger partial charge is 0.238 e. The second-order valence-electron chi connectivity index (χ2n) is 3.34. The molecule has 0 aliphatic rings. The number of nitrogen functional groups attached to an aromatic ring is 1. The quantitative estimate of drug-likeness (QED) is 0.501. The largest absolute Gasteiger partial charge is 0.292 e. The van der Waals surface area contributed by atoms with E-state index in [9.17, 15) is 0 Å². The Morgan fingerprint density at radius 1 is 1.53 bits per heavy atom. The van der Waals surface area contributed by atoms with E-state index in [1.165, 1.54) is 18.0 Å². The summed E-state index contributed by atoms with van der Waals surface area (Å²) in [5.74, 6) is 5.58. The van der Waals surface area contributed by atoms with Crippen LogP contribution in [0.4, 0.5) is 5.95 Å². The van der Waals surface area contributed by atoms with Crippen molar-refractivity contribution < 1.29 is 0 Å². The first-order chi connectivity index (χ1) is 8.10. The van der Waals surface area contributed by atoms with Crippen molar-refractivity contribution in [3.8, 4) is 0 Å². The summed E-state index contributed by atoms with van der Waals surface area (Å²) in [6.45, 7) is 1.93. The highest BCUT2D eigenvalue weighted by Gasteiger charge is 2.10. The van der Waals surface area contributed by atoms with Gasteiger partial charge in [0.25, 0.3) is 0 Å². The molecule has 0 spiro atoms. The molecule has 90 valence electrons. The zero-order valence-electron chi connectivity index (χ0n) is 9.31. The van der Waals surface area contributed by atoms with Gasteiger partial charge in [0.2, 0.25) is 5.95 Å². The van der Waals surface area contributed by atoms with Crippen LogP contribution in [-0.2, 0) is 7.05 Å². The van der Waals surface area contributed by atoms with Gasteiger partial charge in [0, 0.05) is 7.05 Å². The minimum atomic E-state index is 0.329. The summed E-state index contributed by atoms with van der Waals surface area (Å²) in [4.78, 5) is 8.09. The summed E-state index contributed by atoms with van der Waals surface area (Å²) in [5.41, 5.74) is 3.33. The van der Waals surface area contributed by atoms with Gasteiger partial charge >= 0.3 is 0 Å². The highest BCUT2D eigenvalue weighted by molar-refractivity contribution is 7.99. The van der Waals surface area contributed by atoms with Crippen LogP contribution in [0.15, 0.2) is 22.3 Å². The van der Waals surface area contributed by atoms with Crippen LogP contribution < -0.4 is 11.3 Å². The van der Waals surface area contributed by atoms with E-state index in [1.54, 1.807) is 4.68 Å². The average Bonchev–Trinajstić information content (AvgIpc) is 2.60. The normalized spacial score (nSPS) is 10.6. The Morgan fingerprint density at radius 2 is 2.29 bits per heavy atom. The molecule has 0 atom stereocenters. The van der Waals surface area contributed by atoms with Gasteiger partial charge in [-0.2, -0.15) is 5.10 Å². The second-order valence-corrected chi connectivity index (χ2v) is 4.76. The minimum Gasteiger partial charge on any atom is -0.292 e. The van der Waals surface area contributed by atoms with Gasteiger partial charge in [0.1, 0.15) is 10.1 Å². The van der Waals surface area contributed by atoms with Gasteiger partial charge in [-0.25, -0.2) is 15.8 Å². The molecule has 0 saturated carbocycles. The first-order valence-corrected chi connectivity index (χ1v) is 5.97. The van der Waals surface area contributed by atoms with E-state index in [0.29, 0.717) is 16.0 Å². The van der Waals surface area contributed by atoms with Crippen LogP contribution >= 0.6 is 23.4 Å². The molecule has 0 aliphatic carbocycles. The maximum atomic E-state index is 6.02. The topological polar surface area (TPSA) is 81.6 Å². The molecule has 0 amide bonds. The Hall–Kier alpha value is -1.31. The number of hydrogen-bond donors (Lipinski definition) is 2. The molecule has 0 fully saturated rings. The van der Waals surface area contributed by atoms with Gasteiger partial charge < -0.3 is 0 Å². The lowest BCUT2D eigenvalue weighted by atomic mass is 10.5. The molecule has 2 rings (SSSR count). The molecular weight excluding hydrogens is 260 g/mol. The van der Waals surface area contributed by atoms with Crippen molar-refractivity contribution in [2.45, 2.75) is 17.0 Å². The summed E-state index contributed by atoms with van der Waals surface area (Å²) in [5, 5.41) is 6.31. The van der Waals surface area contributed by atoms with Crippen LogP contribution in [-0.4, -0.2) is 19.7 Å². The van der Waals surface area contributed by atoms with Gasteiger partial charge in [-0.3, -0.25) is 10.1 Å². The third-order valence-electron chi connectivity index (χ3n) is 2.00. The Bertz CT molecular complexity index is 540. The van der Waals surface area contributed by atoms with Crippen molar-refractivity contribution in [1.82, 2.24) is 19.7 Å². The first-order valence-electron chi connectivity index (χ1n) is 4.78. The monoisotopic (exact) mass is 270 g/mol. The molecule has 6 nitrogen and oxygen atoms in total. The lowest BCUT2D eigenvalue weighted by Crippen LogP contribution is -2.10. The summed E-state index contributed by atoms with van der Waals surface area (Å²) in [6.07, 6.45) is 1.51. The summed E-state index contributed by atoms with van der Waals surface area (Å²) in [6, 6.07) is 1.96. The number of hydrogen-bond acceptors (Lipinski definition) is 6. The number of aromatic nitrogens is 4. The van der Waals surface area contributed by atoms with Crippen molar-refractivity contribution in [2.24, 2.45) is 12.9 Å². The highest BCUT2D eigenvalue weighted by atomic mass is 35.5. The van der Waals surface area contributed by atoms with Crippen molar-refractivity contribution in [2.75, 3.05) is 5.43 Å². The van der Waals surface area contributed by atoms with Crippen LogP contribution in [0.1, 0.15) is 5.69 Å². The molecule has 0 bridgehead atoms. The Morgan fingerprint density at radius 3 is 2.88 bits per heavy atom. The third-order valence-corrected chi connectivity index (χ3v) is 3.49. The maximum absolute atomic E-state index is 6.02. The molecule has 0 radical (unpaired) electrons. The molecular formula is C9H11ClN6S. The first kappa shape index (κ1) is 12.2. The summed E-state index contributed by atoms with van der Waals surface area (Å²) >= 11 is 7.43. The molecule has 0 unspecified atom stereocenters. The molecule has 0 aliphatic heterocycles. The number of rotatable bonds is 3. The number of anilines is 1. The van der Waals surface area contributed by atoms with Crippen LogP contribution in [0.5, 0.6) is 0 Å². The van der Waals surface area contributed by atoms with Gasteiger partial charge in [-0.15, -0.1) is 0 Å². The fourth-order valence-corrected chi connectivity index (χ4v) is 2.36. The summed E-state index contributed by atoms with van der Waals surface area (Å²) in [7, 11) is 1.87. The van der Waals surface area contributed by atoms with Crippen LogP contribution in [0, 0.1) is 6.92 Å².